The molecule has 5 nitrogen and oxygen atoms in total. The van der Waals surface area contributed by atoms with Gasteiger partial charge < -0.3 is 20.4 Å². The Kier molecular flexibility index (Phi) is 13.7. The molecule has 0 spiro atoms. The predicted octanol–water partition coefficient (Wildman–Crippen LogP) is -0.844. The Morgan fingerprint density at radius 2 is 1.62 bits per heavy atom. The lowest BCUT2D eigenvalue weighted by Gasteiger charge is -1.90. The summed E-state index contributed by atoms with van der Waals surface area (Å²) in [6, 6.07) is 0. The molecule has 0 aliphatic heterocycles. The van der Waals surface area contributed by atoms with Crippen molar-refractivity contribution >= 4 is 17.7 Å². The van der Waals surface area contributed by atoms with Gasteiger partial charge in [-0.3, -0.25) is 0 Å². The lowest BCUT2D eigenvalue weighted by atomic mass is 10.4. The van der Waals surface area contributed by atoms with E-state index in [1.165, 1.54) is 6.92 Å². The van der Waals surface area contributed by atoms with E-state index >= 15 is 0 Å². The predicted molar refractivity (Wildman–Crippen MR) is 50.8 cm³/mol. The summed E-state index contributed by atoms with van der Waals surface area (Å²) in [5.41, 5.74) is 0. The van der Waals surface area contributed by atoms with Gasteiger partial charge in [-0.1, -0.05) is 0 Å². The summed E-state index contributed by atoms with van der Waals surface area (Å²) in [5, 5.41) is 32.2. The average molecular weight is 212 g/mol. The first-order valence-corrected chi connectivity index (χ1v) is 4.92. The van der Waals surface area contributed by atoms with Crippen LogP contribution >= 0.6 is 11.8 Å². The quantitative estimate of drug-likeness (QED) is 0.443. The molecule has 0 aromatic rings. The number of hydrogen-bond donors (Lipinski definition) is 4. The van der Waals surface area contributed by atoms with Crippen LogP contribution in [-0.4, -0.2) is 57.2 Å². The summed E-state index contributed by atoms with van der Waals surface area (Å²) >= 11 is 1.55. The highest BCUT2D eigenvalue weighted by molar-refractivity contribution is 7.99. The number of carboxylic acid groups (broad SMARTS) is 1. The van der Waals surface area contributed by atoms with Crippen molar-refractivity contribution in [2.24, 2.45) is 0 Å². The van der Waals surface area contributed by atoms with E-state index in [1.54, 1.807) is 11.8 Å². The minimum absolute atomic E-state index is 0.213. The maximum absolute atomic E-state index is 9.45. The lowest BCUT2D eigenvalue weighted by molar-refractivity contribution is -0.145. The second-order valence-corrected chi connectivity index (χ2v) is 3.30. The van der Waals surface area contributed by atoms with Crippen LogP contribution in [0.15, 0.2) is 0 Å². The van der Waals surface area contributed by atoms with Crippen LogP contribution in [0.1, 0.15) is 6.92 Å². The molecular formula is C7H16O5S. The van der Waals surface area contributed by atoms with Gasteiger partial charge in [0.05, 0.1) is 13.2 Å². The topological polar surface area (TPSA) is 98.0 Å². The second kappa shape index (κ2) is 11.7. The SMILES string of the molecule is CC(O)C(=O)O.OCCSCCO. The van der Waals surface area contributed by atoms with Gasteiger partial charge >= 0.3 is 5.97 Å². The minimum Gasteiger partial charge on any atom is -0.479 e. The Labute approximate surface area is 81.4 Å². The zero-order valence-electron chi connectivity index (χ0n) is 7.51. The third-order valence-electron chi connectivity index (χ3n) is 0.829. The van der Waals surface area contributed by atoms with E-state index in [-0.39, 0.29) is 13.2 Å². The van der Waals surface area contributed by atoms with Gasteiger partial charge in [0.25, 0.3) is 0 Å². The van der Waals surface area contributed by atoms with Gasteiger partial charge in [0.2, 0.25) is 0 Å². The molecule has 4 N–H and O–H groups in total. The zero-order chi connectivity index (χ0) is 10.7. The van der Waals surface area contributed by atoms with Gasteiger partial charge in [-0.2, -0.15) is 11.8 Å². The van der Waals surface area contributed by atoms with Crippen LogP contribution in [0.4, 0.5) is 0 Å². The van der Waals surface area contributed by atoms with Crippen molar-refractivity contribution in [2.45, 2.75) is 13.0 Å². The molecule has 80 valence electrons. The summed E-state index contributed by atoms with van der Waals surface area (Å²) < 4.78 is 0. The third kappa shape index (κ3) is 18.6. The molecule has 0 fully saturated rings. The molecule has 0 heterocycles. The molecule has 0 aliphatic rings. The fourth-order valence-electron chi connectivity index (χ4n) is 0.231. The molecular weight excluding hydrogens is 196 g/mol. The molecule has 13 heavy (non-hydrogen) atoms. The zero-order valence-corrected chi connectivity index (χ0v) is 8.33. The first-order chi connectivity index (χ1) is 6.06. The highest BCUT2D eigenvalue weighted by Gasteiger charge is 2.01. The number of carboxylic acids is 1. The third-order valence-corrected chi connectivity index (χ3v) is 1.77. The molecule has 0 aromatic heterocycles. The van der Waals surface area contributed by atoms with Gasteiger partial charge in [-0.15, -0.1) is 0 Å². The maximum atomic E-state index is 9.45. The molecule has 0 radical (unpaired) electrons. The van der Waals surface area contributed by atoms with Crippen molar-refractivity contribution in [3.63, 3.8) is 0 Å². The number of rotatable bonds is 5. The molecule has 6 heteroatoms. The molecule has 0 aliphatic carbocycles. The fourth-order valence-corrected chi connectivity index (χ4v) is 0.693. The van der Waals surface area contributed by atoms with Crippen molar-refractivity contribution in [2.75, 3.05) is 24.7 Å². The molecule has 1 unspecified atom stereocenters. The molecule has 0 aromatic carbocycles. The van der Waals surface area contributed by atoms with Gasteiger partial charge in [0.1, 0.15) is 6.10 Å². The Balaban J connectivity index is 0. The van der Waals surface area contributed by atoms with Crippen molar-refractivity contribution in [1.29, 1.82) is 0 Å². The smallest absolute Gasteiger partial charge is 0.332 e. The number of carbonyl (C=O) groups is 1. The largest absolute Gasteiger partial charge is 0.479 e. The molecule has 0 rings (SSSR count). The lowest BCUT2D eigenvalue weighted by Crippen LogP contribution is -2.13. The standard InChI is InChI=1S/C4H10O2S.C3H6O3/c5-1-3-7-4-2-6;1-2(4)3(5)6/h5-6H,1-4H2;2,4H,1H3,(H,5,6). The minimum atomic E-state index is -1.23. The van der Waals surface area contributed by atoms with Gasteiger partial charge in [-0.25, -0.2) is 4.79 Å². The molecule has 0 saturated carbocycles. The molecule has 0 bridgehead atoms. The van der Waals surface area contributed by atoms with Crippen molar-refractivity contribution < 1.29 is 25.2 Å². The Morgan fingerprint density at radius 3 is 1.77 bits per heavy atom. The van der Waals surface area contributed by atoms with E-state index in [4.69, 9.17) is 20.4 Å². The van der Waals surface area contributed by atoms with Gasteiger partial charge in [0.15, 0.2) is 0 Å². The number of aliphatic hydroxyl groups is 3. The van der Waals surface area contributed by atoms with E-state index in [2.05, 4.69) is 0 Å². The number of aliphatic carboxylic acids is 1. The van der Waals surface area contributed by atoms with Crippen molar-refractivity contribution in [1.82, 2.24) is 0 Å². The Hall–Kier alpha value is -0.300. The number of thioether (sulfide) groups is 1. The second-order valence-electron chi connectivity index (χ2n) is 2.07. The van der Waals surface area contributed by atoms with Crippen LogP contribution in [0.25, 0.3) is 0 Å². The van der Waals surface area contributed by atoms with Crippen LogP contribution in [0.5, 0.6) is 0 Å². The summed E-state index contributed by atoms with van der Waals surface area (Å²) in [5.74, 6) is 0.288. The van der Waals surface area contributed by atoms with Gasteiger partial charge in [0, 0.05) is 11.5 Å². The van der Waals surface area contributed by atoms with E-state index in [1.807, 2.05) is 0 Å². The highest BCUT2D eigenvalue weighted by Crippen LogP contribution is 1.94. The summed E-state index contributed by atoms with van der Waals surface area (Å²) in [6.07, 6.45) is -1.23. The Morgan fingerprint density at radius 1 is 1.31 bits per heavy atom. The van der Waals surface area contributed by atoms with E-state index in [0.717, 1.165) is 11.5 Å². The van der Waals surface area contributed by atoms with E-state index in [0.29, 0.717) is 0 Å². The monoisotopic (exact) mass is 212 g/mol. The van der Waals surface area contributed by atoms with Crippen LogP contribution in [0.3, 0.4) is 0 Å². The van der Waals surface area contributed by atoms with Crippen molar-refractivity contribution in [3.05, 3.63) is 0 Å². The molecule has 0 amide bonds. The summed E-state index contributed by atoms with van der Waals surface area (Å²) in [6.45, 7) is 1.62. The first-order valence-electron chi connectivity index (χ1n) is 3.76. The number of hydrogen-bond acceptors (Lipinski definition) is 5. The van der Waals surface area contributed by atoms with E-state index < -0.39 is 12.1 Å². The van der Waals surface area contributed by atoms with Crippen LogP contribution in [-0.2, 0) is 4.79 Å². The summed E-state index contributed by atoms with van der Waals surface area (Å²) in [4.78, 5) is 9.45. The van der Waals surface area contributed by atoms with Crippen LogP contribution < -0.4 is 0 Å². The first kappa shape index (κ1) is 15.2. The van der Waals surface area contributed by atoms with Crippen molar-refractivity contribution in [3.8, 4) is 0 Å². The van der Waals surface area contributed by atoms with E-state index in [9.17, 15) is 4.79 Å². The highest BCUT2D eigenvalue weighted by atomic mass is 32.2. The maximum Gasteiger partial charge on any atom is 0.332 e. The van der Waals surface area contributed by atoms with Crippen LogP contribution in [0, 0.1) is 0 Å². The molecule has 1 atom stereocenters. The molecule has 0 saturated heterocycles. The van der Waals surface area contributed by atoms with Crippen LogP contribution in [0.2, 0.25) is 0 Å². The fraction of sp³-hybridized carbons (Fsp3) is 0.857. The number of aliphatic hydroxyl groups excluding tert-OH is 3. The average Bonchev–Trinajstić information content (AvgIpc) is 2.06. The Bertz CT molecular complexity index is 113. The summed E-state index contributed by atoms with van der Waals surface area (Å²) in [7, 11) is 0. The van der Waals surface area contributed by atoms with Gasteiger partial charge in [-0.05, 0) is 6.92 Å². The normalized spacial score (nSPS) is 11.4.